The quantitative estimate of drug-likeness (QED) is 0.538. The number of alkyl halides is 3. The zero-order valence-corrected chi connectivity index (χ0v) is 16.9. The number of nitrogens with one attached hydrogen (secondary N) is 1. The van der Waals surface area contributed by atoms with Gasteiger partial charge in [0.1, 0.15) is 11.3 Å². The lowest BCUT2D eigenvalue weighted by atomic mass is 9.98. The molecule has 3 rings (SSSR count). The molecule has 0 saturated heterocycles. The highest BCUT2D eigenvalue weighted by molar-refractivity contribution is 6.33. The van der Waals surface area contributed by atoms with Crippen molar-refractivity contribution >= 4 is 23.2 Å². The van der Waals surface area contributed by atoms with Crippen molar-refractivity contribution in [2.45, 2.75) is 18.7 Å². The van der Waals surface area contributed by atoms with Gasteiger partial charge in [-0.1, -0.05) is 11.6 Å². The summed E-state index contributed by atoms with van der Waals surface area (Å²) < 4.78 is 37.9. The molecule has 2 aromatic heterocycles. The van der Waals surface area contributed by atoms with Crippen LogP contribution in [0.15, 0.2) is 54.9 Å². The number of amides is 1. The van der Waals surface area contributed by atoms with Gasteiger partial charge < -0.3 is 15.5 Å². The van der Waals surface area contributed by atoms with E-state index in [2.05, 4.69) is 15.3 Å². The summed E-state index contributed by atoms with van der Waals surface area (Å²) in [5.74, 6) is -0.549. The van der Waals surface area contributed by atoms with E-state index in [1.54, 1.807) is 0 Å². The SMILES string of the molecule is C[C@@](O)(CO)c1cnc(-c2ccc(C(=O)Nc3ccc(C(F)(F)F)cc3)cn2)c(Cl)c1. The van der Waals surface area contributed by atoms with E-state index in [1.165, 1.54) is 37.5 Å². The van der Waals surface area contributed by atoms with Gasteiger partial charge in [-0.3, -0.25) is 14.8 Å². The highest BCUT2D eigenvalue weighted by Crippen LogP contribution is 2.30. The molecule has 162 valence electrons. The molecule has 0 bridgehead atoms. The van der Waals surface area contributed by atoms with Crippen LogP contribution >= 0.6 is 11.6 Å². The molecule has 10 heteroatoms. The van der Waals surface area contributed by atoms with Crippen molar-refractivity contribution in [3.05, 3.63) is 76.6 Å². The minimum Gasteiger partial charge on any atom is -0.393 e. The number of nitrogens with zero attached hydrogens (tertiary/aromatic N) is 2. The summed E-state index contributed by atoms with van der Waals surface area (Å²) in [5.41, 5.74) is -0.912. The molecule has 0 radical (unpaired) electrons. The first-order valence-corrected chi connectivity index (χ1v) is 9.33. The number of rotatable bonds is 5. The normalized spacial score (nSPS) is 13.5. The summed E-state index contributed by atoms with van der Waals surface area (Å²) in [7, 11) is 0. The first-order chi connectivity index (χ1) is 14.5. The van der Waals surface area contributed by atoms with E-state index in [-0.39, 0.29) is 16.3 Å². The Kier molecular flexibility index (Phi) is 6.30. The van der Waals surface area contributed by atoms with E-state index in [4.69, 9.17) is 11.6 Å². The van der Waals surface area contributed by atoms with Gasteiger partial charge in [0.2, 0.25) is 0 Å². The fourth-order valence-electron chi connectivity index (χ4n) is 2.63. The second-order valence-electron chi connectivity index (χ2n) is 6.95. The summed E-state index contributed by atoms with van der Waals surface area (Å²) in [4.78, 5) is 20.7. The van der Waals surface area contributed by atoms with Gasteiger partial charge in [0.15, 0.2) is 0 Å². The van der Waals surface area contributed by atoms with Crippen LogP contribution in [0.3, 0.4) is 0 Å². The Balaban J connectivity index is 1.75. The van der Waals surface area contributed by atoms with E-state index >= 15 is 0 Å². The largest absolute Gasteiger partial charge is 0.416 e. The Morgan fingerprint density at radius 1 is 1.06 bits per heavy atom. The van der Waals surface area contributed by atoms with Crippen LogP contribution in [0.4, 0.5) is 18.9 Å². The van der Waals surface area contributed by atoms with E-state index < -0.39 is 29.9 Å². The lowest BCUT2D eigenvalue weighted by molar-refractivity contribution is -0.137. The second-order valence-corrected chi connectivity index (χ2v) is 7.35. The molecule has 2 heterocycles. The topological polar surface area (TPSA) is 95.3 Å². The fourth-order valence-corrected chi connectivity index (χ4v) is 2.89. The van der Waals surface area contributed by atoms with Crippen molar-refractivity contribution in [1.29, 1.82) is 0 Å². The van der Waals surface area contributed by atoms with Gasteiger partial charge in [0.25, 0.3) is 5.91 Å². The van der Waals surface area contributed by atoms with E-state index in [0.717, 1.165) is 24.3 Å². The molecule has 1 atom stereocenters. The number of aliphatic hydroxyl groups excluding tert-OH is 1. The Hall–Kier alpha value is -3.01. The first kappa shape index (κ1) is 22.7. The highest BCUT2D eigenvalue weighted by Gasteiger charge is 2.30. The average Bonchev–Trinajstić information content (AvgIpc) is 2.73. The highest BCUT2D eigenvalue weighted by atomic mass is 35.5. The molecule has 6 nitrogen and oxygen atoms in total. The van der Waals surface area contributed by atoms with Gasteiger partial charge in [-0.25, -0.2) is 0 Å². The van der Waals surface area contributed by atoms with Crippen LogP contribution in [0.1, 0.15) is 28.4 Å². The lowest BCUT2D eigenvalue weighted by Gasteiger charge is -2.21. The molecule has 1 amide bonds. The number of benzene rings is 1. The summed E-state index contributed by atoms with van der Waals surface area (Å²) >= 11 is 6.23. The third-order valence-corrected chi connectivity index (χ3v) is 4.80. The molecule has 0 fully saturated rings. The Morgan fingerprint density at radius 2 is 1.74 bits per heavy atom. The van der Waals surface area contributed by atoms with Gasteiger partial charge >= 0.3 is 6.18 Å². The third-order valence-electron chi connectivity index (χ3n) is 4.51. The maximum atomic E-state index is 12.6. The second kappa shape index (κ2) is 8.62. The smallest absolute Gasteiger partial charge is 0.393 e. The molecule has 31 heavy (non-hydrogen) atoms. The van der Waals surface area contributed by atoms with Crippen LogP contribution in [0.5, 0.6) is 0 Å². The first-order valence-electron chi connectivity index (χ1n) is 8.95. The van der Waals surface area contributed by atoms with Gasteiger partial charge in [-0.05, 0) is 49.4 Å². The van der Waals surface area contributed by atoms with Crippen LogP contribution in [-0.4, -0.2) is 32.7 Å². The molecular formula is C21H17ClF3N3O3. The summed E-state index contributed by atoms with van der Waals surface area (Å²) in [6.07, 6.45) is -1.81. The monoisotopic (exact) mass is 451 g/mol. The number of pyridine rings is 2. The zero-order valence-electron chi connectivity index (χ0n) is 16.1. The number of hydrogen-bond donors (Lipinski definition) is 3. The van der Waals surface area contributed by atoms with Gasteiger partial charge in [0.05, 0.1) is 28.5 Å². The van der Waals surface area contributed by atoms with Gasteiger partial charge in [-0.15, -0.1) is 0 Å². The van der Waals surface area contributed by atoms with Crippen LogP contribution in [-0.2, 0) is 11.8 Å². The molecule has 0 aliphatic carbocycles. The predicted molar refractivity (Wildman–Crippen MR) is 109 cm³/mol. The lowest BCUT2D eigenvalue weighted by Crippen LogP contribution is -2.26. The molecular weight excluding hydrogens is 435 g/mol. The van der Waals surface area contributed by atoms with Crippen LogP contribution < -0.4 is 5.32 Å². The van der Waals surface area contributed by atoms with Crippen molar-refractivity contribution < 1.29 is 28.2 Å². The number of aliphatic hydroxyl groups is 2. The molecule has 0 aliphatic rings. The molecule has 3 aromatic rings. The third kappa shape index (κ3) is 5.19. The van der Waals surface area contributed by atoms with Crippen molar-refractivity contribution in [2.24, 2.45) is 0 Å². The maximum Gasteiger partial charge on any atom is 0.416 e. The molecule has 1 aromatic carbocycles. The van der Waals surface area contributed by atoms with Crippen molar-refractivity contribution in [3.8, 4) is 11.4 Å². The van der Waals surface area contributed by atoms with Gasteiger partial charge in [0, 0.05) is 23.6 Å². The molecule has 0 aliphatic heterocycles. The number of hydrogen-bond acceptors (Lipinski definition) is 5. The Labute approximate surface area is 180 Å². The molecule has 3 N–H and O–H groups in total. The minimum atomic E-state index is -4.45. The fraction of sp³-hybridized carbons (Fsp3) is 0.190. The van der Waals surface area contributed by atoms with Crippen molar-refractivity contribution in [2.75, 3.05) is 11.9 Å². The summed E-state index contributed by atoms with van der Waals surface area (Å²) in [6, 6.07) is 8.53. The van der Waals surface area contributed by atoms with Crippen LogP contribution in [0, 0.1) is 0 Å². The number of carbonyl (C=O) groups excluding carboxylic acids is 1. The zero-order chi connectivity index (χ0) is 22.8. The molecule has 0 unspecified atom stereocenters. The van der Waals surface area contributed by atoms with E-state index in [0.29, 0.717) is 17.0 Å². The molecule has 0 spiro atoms. The van der Waals surface area contributed by atoms with E-state index in [9.17, 15) is 28.2 Å². The standard InChI is InChI=1S/C21H17ClF3N3O3/c1-20(31,11-29)14-8-16(22)18(27-10-14)17-7-2-12(9-26-17)19(30)28-15-5-3-13(4-6-15)21(23,24)25/h2-10,29,31H,11H2,1H3,(H,28,30)/t20-/m1/s1. The number of carbonyl (C=O) groups is 1. The average molecular weight is 452 g/mol. The van der Waals surface area contributed by atoms with Crippen LogP contribution in [0.25, 0.3) is 11.4 Å². The summed E-state index contributed by atoms with van der Waals surface area (Å²) in [6.45, 7) is 0.910. The van der Waals surface area contributed by atoms with Gasteiger partial charge in [-0.2, -0.15) is 13.2 Å². The van der Waals surface area contributed by atoms with Crippen molar-refractivity contribution in [1.82, 2.24) is 9.97 Å². The number of halogens is 4. The van der Waals surface area contributed by atoms with Crippen LogP contribution in [0.2, 0.25) is 5.02 Å². The molecule has 0 saturated carbocycles. The Bertz CT molecular complexity index is 1090. The Morgan fingerprint density at radius 3 is 2.26 bits per heavy atom. The van der Waals surface area contributed by atoms with Crippen molar-refractivity contribution in [3.63, 3.8) is 0 Å². The minimum absolute atomic E-state index is 0.180. The van der Waals surface area contributed by atoms with E-state index in [1.807, 2.05) is 0 Å². The predicted octanol–water partition coefficient (Wildman–Crippen LogP) is 4.27. The number of aromatic nitrogens is 2. The maximum absolute atomic E-state index is 12.6. The number of anilines is 1. The summed E-state index contributed by atoms with van der Waals surface area (Å²) in [5, 5.41) is 22.0.